The van der Waals surface area contributed by atoms with Crippen molar-refractivity contribution in [2.75, 3.05) is 9.80 Å². The molecular formula is C62H41N3O. The average molecular weight is 844 g/mol. The smallest absolute Gasteiger partial charge is 0.135 e. The second-order valence-corrected chi connectivity index (χ2v) is 16.9. The number of aromatic nitrogens is 1. The van der Waals surface area contributed by atoms with E-state index in [1.807, 2.05) is 12.1 Å². The summed E-state index contributed by atoms with van der Waals surface area (Å²) in [6, 6.07) is 89.7. The van der Waals surface area contributed by atoms with Crippen molar-refractivity contribution in [1.82, 2.24) is 4.57 Å². The highest BCUT2D eigenvalue weighted by Crippen LogP contribution is 2.48. The lowest BCUT2D eigenvalue weighted by Gasteiger charge is -2.31. The summed E-state index contributed by atoms with van der Waals surface area (Å²) in [5.41, 5.74) is 13.7. The number of hydrogen-bond acceptors (Lipinski definition) is 3. The number of rotatable bonds is 8. The van der Waals surface area contributed by atoms with Gasteiger partial charge in [-0.05, 0) is 130 Å². The third kappa shape index (κ3) is 6.15. The Morgan fingerprint density at radius 3 is 1.67 bits per heavy atom. The minimum atomic E-state index is 0.863. The molecule has 4 nitrogen and oxygen atoms in total. The minimum absolute atomic E-state index is 0.863. The van der Waals surface area contributed by atoms with Crippen molar-refractivity contribution in [3.05, 3.63) is 249 Å². The van der Waals surface area contributed by atoms with Crippen LogP contribution in [0.15, 0.2) is 253 Å². The number of furan rings is 1. The predicted molar refractivity (Wildman–Crippen MR) is 278 cm³/mol. The van der Waals surface area contributed by atoms with Crippen molar-refractivity contribution >= 4 is 99.4 Å². The molecule has 0 aliphatic heterocycles. The zero-order valence-electron chi connectivity index (χ0n) is 35.9. The fourth-order valence-corrected chi connectivity index (χ4v) is 10.2. The molecule has 0 aliphatic carbocycles. The quantitative estimate of drug-likeness (QED) is 0.142. The fourth-order valence-electron chi connectivity index (χ4n) is 10.2. The van der Waals surface area contributed by atoms with Crippen LogP contribution in [0.5, 0.6) is 0 Å². The Morgan fingerprint density at radius 2 is 0.894 bits per heavy atom. The van der Waals surface area contributed by atoms with E-state index in [2.05, 4.69) is 251 Å². The van der Waals surface area contributed by atoms with Crippen LogP contribution in [0.1, 0.15) is 0 Å². The van der Waals surface area contributed by atoms with Crippen LogP contribution < -0.4 is 9.80 Å². The van der Waals surface area contributed by atoms with Crippen molar-refractivity contribution < 1.29 is 4.42 Å². The maximum Gasteiger partial charge on any atom is 0.135 e. The number of hydrogen-bond donors (Lipinski definition) is 0. The molecule has 0 saturated carbocycles. The molecule has 0 radical (unpaired) electrons. The highest BCUT2D eigenvalue weighted by atomic mass is 16.3. The molecule has 4 heteroatoms. The van der Waals surface area contributed by atoms with E-state index in [-0.39, 0.29) is 0 Å². The molecule has 0 fully saturated rings. The van der Waals surface area contributed by atoms with Gasteiger partial charge in [0.15, 0.2) is 0 Å². The summed E-state index contributed by atoms with van der Waals surface area (Å²) in [7, 11) is 0. The molecule has 13 aromatic rings. The molecule has 0 atom stereocenters. The zero-order valence-corrected chi connectivity index (χ0v) is 35.9. The van der Waals surface area contributed by atoms with Crippen molar-refractivity contribution in [3.63, 3.8) is 0 Å². The molecular weight excluding hydrogens is 803 g/mol. The minimum Gasteiger partial charge on any atom is -0.456 e. The average Bonchev–Trinajstić information content (AvgIpc) is 3.93. The first kappa shape index (κ1) is 37.7. The summed E-state index contributed by atoms with van der Waals surface area (Å²) in [4.78, 5) is 4.84. The molecule has 0 spiro atoms. The monoisotopic (exact) mass is 843 g/mol. The van der Waals surface area contributed by atoms with E-state index in [1.54, 1.807) is 0 Å². The van der Waals surface area contributed by atoms with Crippen molar-refractivity contribution in [2.45, 2.75) is 0 Å². The van der Waals surface area contributed by atoms with Gasteiger partial charge in [-0.15, -0.1) is 0 Å². The summed E-state index contributed by atoms with van der Waals surface area (Å²) in [6.07, 6.45) is 0. The lowest BCUT2D eigenvalue weighted by molar-refractivity contribution is 0.669. The van der Waals surface area contributed by atoms with E-state index in [9.17, 15) is 0 Å². The van der Waals surface area contributed by atoms with Crippen LogP contribution in [0.2, 0.25) is 0 Å². The molecule has 0 amide bonds. The Kier molecular flexibility index (Phi) is 8.81. The first-order chi connectivity index (χ1) is 32.7. The molecule has 13 rings (SSSR count). The molecule has 0 bridgehead atoms. The van der Waals surface area contributed by atoms with Crippen LogP contribution in [0.25, 0.3) is 82.1 Å². The van der Waals surface area contributed by atoms with E-state index < -0.39 is 0 Å². The van der Waals surface area contributed by atoms with Gasteiger partial charge in [-0.2, -0.15) is 0 Å². The van der Waals surface area contributed by atoms with Crippen molar-refractivity contribution in [2.24, 2.45) is 0 Å². The van der Waals surface area contributed by atoms with Gasteiger partial charge in [0.05, 0.1) is 16.7 Å². The van der Waals surface area contributed by atoms with Crippen LogP contribution in [0, 0.1) is 0 Å². The first-order valence-electron chi connectivity index (χ1n) is 22.5. The molecule has 0 N–H and O–H groups in total. The fraction of sp³-hybridized carbons (Fsp3) is 0. The van der Waals surface area contributed by atoms with Crippen LogP contribution in [-0.2, 0) is 0 Å². The van der Waals surface area contributed by atoms with E-state index in [4.69, 9.17) is 4.42 Å². The van der Waals surface area contributed by atoms with Crippen LogP contribution in [-0.4, -0.2) is 4.57 Å². The lowest BCUT2D eigenvalue weighted by atomic mass is 9.92. The van der Waals surface area contributed by atoms with E-state index in [1.165, 1.54) is 37.9 Å². The van der Waals surface area contributed by atoms with E-state index in [0.29, 0.717) is 0 Å². The van der Waals surface area contributed by atoms with Crippen LogP contribution >= 0.6 is 0 Å². The highest BCUT2D eigenvalue weighted by molar-refractivity contribution is 6.16. The molecule has 11 aromatic carbocycles. The van der Waals surface area contributed by atoms with E-state index in [0.717, 1.165) is 78.3 Å². The normalized spacial score (nSPS) is 11.6. The second kappa shape index (κ2) is 15.4. The lowest BCUT2D eigenvalue weighted by Crippen LogP contribution is -2.14. The number of para-hydroxylation sites is 6. The predicted octanol–water partition coefficient (Wildman–Crippen LogP) is 17.6. The third-order valence-electron chi connectivity index (χ3n) is 13.1. The molecule has 66 heavy (non-hydrogen) atoms. The van der Waals surface area contributed by atoms with Gasteiger partial charge in [-0.3, -0.25) is 0 Å². The molecule has 2 aromatic heterocycles. The van der Waals surface area contributed by atoms with Gasteiger partial charge < -0.3 is 18.8 Å². The Morgan fingerprint density at radius 1 is 0.318 bits per heavy atom. The molecule has 0 saturated heterocycles. The number of anilines is 6. The summed E-state index contributed by atoms with van der Waals surface area (Å²) in [5, 5.41) is 9.45. The van der Waals surface area contributed by atoms with Crippen LogP contribution in [0.3, 0.4) is 0 Å². The maximum atomic E-state index is 6.37. The van der Waals surface area contributed by atoms with Crippen LogP contribution in [0.4, 0.5) is 34.1 Å². The van der Waals surface area contributed by atoms with Gasteiger partial charge in [0.1, 0.15) is 11.2 Å². The number of benzene rings is 11. The van der Waals surface area contributed by atoms with E-state index >= 15 is 0 Å². The Labute approximate surface area is 382 Å². The first-order valence-corrected chi connectivity index (χ1v) is 22.5. The molecule has 310 valence electrons. The van der Waals surface area contributed by atoms with Gasteiger partial charge in [0.25, 0.3) is 0 Å². The zero-order chi connectivity index (χ0) is 43.6. The summed E-state index contributed by atoms with van der Waals surface area (Å²) in [6.45, 7) is 0. The summed E-state index contributed by atoms with van der Waals surface area (Å²) in [5.74, 6) is 0. The second-order valence-electron chi connectivity index (χ2n) is 16.9. The Hall–Kier alpha value is -8.86. The Bertz CT molecular complexity index is 3950. The largest absolute Gasteiger partial charge is 0.456 e. The van der Waals surface area contributed by atoms with Gasteiger partial charge in [0, 0.05) is 55.7 Å². The number of nitrogens with zero attached hydrogens (tertiary/aromatic N) is 3. The highest BCUT2D eigenvalue weighted by Gasteiger charge is 2.25. The topological polar surface area (TPSA) is 24.6 Å². The molecule has 2 heterocycles. The van der Waals surface area contributed by atoms with Crippen molar-refractivity contribution in [3.8, 4) is 16.8 Å². The molecule has 0 aliphatic rings. The maximum absolute atomic E-state index is 6.37. The Balaban J connectivity index is 1.14. The van der Waals surface area contributed by atoms with Gasteiger partial charge in [-0.1, -0.05) is 152 Å². The standard InChI is InChI=1S/C62H41N3O/c1-4-20-44(21-5-1)63(47-35-36-61-57(41-47)54-30-15-17-34-60(54)66-61)48-37-43(56-39-42-19-10-11-26-50(42)51-27-12-13-28-52(51)56)38-49(40-48)64(45-22-6-2-7-23-45)59-33-18-31-55-53-29-14-16-32-58(53)65(62(55)59)46-24-8-3-9-25-46/h1-41H. The van der Waals surface area contributed by atoms with Gasteiger partial charge in [-0.25, -0.2) is 0 Å². The summed E-state index contributed by atoms with van der Waals surface area (Å²) < 4.78 is 8.80. The number of fused-ring (bicyclic) bond motifs is 9. The summed E-state index contributed by atoms with van der Waals surface area (Å²) >= 11 is 0. The molecule has 0 unspecified atom stereocenters. The SMILES string of the molecule is c1ccc(N(c2cc(-c3cc4ccccc4c4ccccc34)cc(N(c3ccccc3)c3cccc4c5ccccc5n(-c5ccccc5)c34)c2)c2ccc3oc4ccccc4c3c2)cc1. The van der Waals surface area contributed by atoms with Crippen molar-refractivity contribution in [1.29, 1.82) is 0 Å². The third-order valence-corrected chi connectivity index (χ3v) is 13.1. The van der Waals surface area contributed by atoms with Gasteiger partial charge >= 0.3 is 0 Å². The van der Waals surface area contributed by atoms with Gasteiger partial charge in [0.2, 0.25) is 0 Å².